The number of fused-ring (bicyclic) bond motifs is 2. The molecule has 0 aliphatic heterocycles. The van der Waals surface area contributed by atoms with Crippen LogP contribution in [0.4, 0.5) is 5.69 Å². The number of benzene rings is 2. The molecule has 0 atom stereocenters. The molecule has 0 saturated heterocycles. The summed E-state index contributed by atoms with van der Waals surface area (Å²) in [6, 6.07) is 13.0. The zero-order valence-corrected chi connectivity index (χ0v) is 11.1. The number of rotatable bonds is 1. The first-order valence-corrected chi connectivity index (χ1v) is 6.58. The SMILES string of the molecule is Nc1ccc2c(cnn2C(=O)c2cccc3cc[nH]c23)c1. The van der Waals surface area contributed by atoms with Gasteiger partial charge in [0.15, 0.2) is 0 Å². The summed E-state index contributed by atoms with van der Waals surface area (Å²) < 4.78 is 1.41. The first kappa shape index (κ1) is 11.7. The zero-order chi connectivity index (χ0) is 14.4. The van der Waals surface area contributed by atoms with Crippen LogP contribution in [0.5, 0.6) is 0 Å². The second kappa shape index (κ2) is 4.21. The Balaban J connectivity index is 1.92. The monoisotopic (exact) mass is 276 g/mol. The average Bonchev–Trinajstić information content (AvgIpc) is 3.11. The molecular formula is C16H12N4O. The minimum absolute atomic E-state index is 0.164. The van der Waals surface area contributed by atoms with Crippen LogP contribution in [0.2, 0.25) is 0 Å². The molecule has 5 nitrogen and oxygen atoms in total. The van der Waals surface area contributed by atoms with Crippen molar-refractivity contribution in [1.82, 2.24) is 14.8 Å². The van der Waals surface area contributed by atoms with E-state index >= 15 is 0 Å². The normalized spacial score (nSPS) is 11.2. The highest BCUT2D eigenvalue weighted by atomic mass is 16.2. The van der Waals surface area contributed by atoms with E-state index < -0.39 is 0 Å². The Morgan fingerprint density at radius 1 is 1.14 bits per heavy atom. The highest BCUT2D eigenvalue weighted by molar-refractivity contribution is 6.09. The third kappa shape index (κ3) is 1.71. The maximum atomic E-state index is 12.8. The molecule has 0 aliphatic carbocycles. The van der Waals surface area contributed by atoms with E-state index in [2.05, 4.69) is 10.1 Å². The smallest absolute Gasteiger partial charge is 0.280 e. The summed E-state index contributed by atoms with van der Waals surface area (Å²) in [7, 11) is 0. The summed E-state index contributed by atoms with van der Waals surface area (Å²) in [5.74, 6) is -0.164. The highest BCUT2D eigenvalue weighted by Crippen LogP contribution is 2.21. The van der Waals surface area contributed by atoms with Crippen molar-refractivity contribution in [3.63, 3.8) is 0 Å². The third-order valence-electron chi connectivity index (χ3n) is 3.60. The van der Waals surface area contributed by atoms with E-state index in [1.165, 1.54) is 4.68 Å². The molecule has 0 fully saturated rings. The van der Waals surface area contributed by atoms with Gasteiger partial charge in [0.05, 0.1) is 22.8 Å². The number of H-pyrrole nitrogens is 1. The number of nitrogens with two attached hydrogens (primary N) is 1. The molecule has 0 amide bonds. The molecule has 0 radical (unpaired) electrons. The molecule has 2 aromatic carbocycles. The number of aromatic nitrogens is 3. The van der Waals surface area contributed by atoms with Crippen molar-refractivity contribution in [1.29, 1.82) is 0 Å². The van der Waals surface area contributed by atoms with E-state index in [0.29, 0.717) is 11.3 Å². The maximum Gasteiger partial charge on any atom is 0.280 e. The van der Waals surface area contributed by atoms with Gasteiger partial charge in [-0.25, -0.2) is 0 Å². The van der Waals surface area contributed by atoms with Crippen molar-refractivity contribution in [3.8, 4) is 0 Å². The number of nitrogen functional groups attached to an aromatic ring is 1. The van der Waals surface area contributed by atoms with Gasteiger partial charge in [-0.05, 0) is 30.3 Å². The number of anilines is 1. The van der Waals surface area contributed by atoms with Crippen molar-refractivity contribution in [3.05, 3.63) is 60.4 Å². The molecule has 102 valence electrons. The predicted octanol–water partition coefficient (Wildman–Crippen LogP) is 2.79. The van der Waals surface area contributed by atoms with Gasteiger partial charge >= 0.3 is 0 Å². The number of nitrogens with one attached hydrogen (secondary N) is 1. The van der Waals surface area contributed by atoms with E-state index in [-0.39, 0.29) is 5.91 Å². The number of carbonyl (C=O) groups excluding carboxylic acids is 1. The minimum Gasteiger partial charge on any atom is -0.399 e. The van der Waals surface area contributed by atoms with E-state index in [1.807, 2.05) is 30.5 Å². The quantitative estimate of drug-likeness (QED) is 0.525. The summed E-state index contributed by atoms with van der Waals surface area (Å²) in [5, 5.41) is 6.05. The van der Waals surface area contributed by atoms with Crippen LogP contribution in [-0.2, 0) is 0 Å². The Hall–Kier alpha value is -3.08. The van der Waals surface area contributed by atoms with Crippen molar-refractivity contribution in [2.45, 2.75) is 0 Å². The molecule has 2 aromatic heterocycles. The number of hydrogen-bond acceptors (Lipinski definition) is 3. The van der Waals surface area contributed by atoms with Crippen LogP contribution in [-0.4, -0.2) is 20.7 Å². The van der Waals surface area contributed by atoms with Gasteiger partial charge in [-0.2, -0.15) is 9.78 Å². The second-order valence-electron chi connectivity index (χ2n) is 4.93. The highest BCUT2D eigenvalue weighted by Gasteiger charge is 2.16. The fourth-order valence-electron chi connectivity index (χ4n) is 2.59. The third-order valence-corrected chi connectivity index (χ3v) is 3.60. The molecule has 5 heteroatoms. The Morgan fingerprint density at radius 2 is 2.05 bits per heavy atom. The molecule has 0 spiro atoms. The van der Waals surface area contributed by atoms with Gasteiger partial charge in [0, 0.05) is 22.7 Å². The number of hydrogen-bond donors (Lipinski definition) is 2. The van der Waals surface area contributed by atoms with Gasteiger partial charge in [-0.3, -0.25) is 4.79 Å². The molecule has 2 heterocycles. The second-order valence-corrected chi connectivity index (χ2v) is 4.93. The first-order valence-electron chi connectivity index (χ1n) is 6.58. The average molecular weight is 276 g/mol. The molecule has 21 heavy (non-hydrogen) atoms. The van der Waals surface area contributed by atoms with Crippen LogP contribution >= 0.6 is 0 Å². The number of para-hydroxylation sites is 1. The van der Waals surface area contributed by atoms with E-state index in [0.717, 1.165) is 21.8 Å². The van der Waals surface area contributed by atoms with Gasteiger partial charge in [-0.15, -0.1) is 0 Å². The topological polar surface area (TPSA) is 76.7 Å². The standard InChI is InChI=1S/C16H12N4O/c17-12-4-5-14-11(8-12)9-19-20(14)16(21)13-3-1-2-10-6-7-18-15(10)13/h1-9,18H,17H2. The van der Waals surface area contributed by atoms with Crippen molar-refractivity contribution < 1.29 is 4.79 Å². The van der Waals surface area contributed by atoms with Gasteiger partial charge in [0.2, 0.25) is 0 Å². The van der Waals surface area contributed by atoms with Crippen LogP contribution in [0.15, 0.2) is 54.9 Å². The summed E-state index contributed by atoms with van der Waals surface area (Å²) in [4.78, 5) is 15.9. The molecule has 3 N–H and O–H groups in total. The van der Waals surface area contributed by atoms with E-state index in [9.17, 15) is 4.79 Å². The molecule has 0 aliphatic rings. The van der Waals surface area contributed by atoms with Crippen LogP contribution in [0.1, 0.15) is 10.4 Å². The van der Waals surface area contributed by atoms with Gasteiger partial charge in [0.25, 0.3) is 5.91 Å². The summed E-state index contributed by atoms with van der Waals surface area (Å²) in [5.41, 5.74) is 8.57. The van der Waals surface area contributed by atoms with Gasteiger partial charge < -0.3 is 10.7 Å². The molecule has 4 rings (SSSR count). The van der Waals surface area contributed by atoms with Crippen LogP contribution in [0.25, 0.3) is 21.8 Å². The summed E-state index contributed by atoms with van der Waals surface area (Å²) in [6.07, 6.45) is 3.47. The molecule has 4 aromatic rings. The summed E-state index contributed by atoms with van der Waals surface area (Å²) >= 11 is 0. The molecule has 0 saturated carbocycles. The molecular weight excluding hydrogens is 264 g/mol. The fourth-order valence-corrected chi connectivity index (χ4v) is 2.59. The summed E-state index contributed by atoms with van der Waals surface area (Å²) in [6.45, 7) is 0. The Kier molecular flexibility index (Phi) is 2.35. The lowest BCUT2D eigenvalue weighted by molar-refractivity contribution is 0.0952. The predicted molar refractivity (Wildman–Crippen MR) is 82.2 cm³/mol. The number of carbonyl (C=O) groups is 1. The lowest BCUT2D eigenvalue weighted by Gasteiger charge is -2.04. The first-order chi connectivity index (χ1) is 10.2. The van der Waals surface area contributed by atoms with Crippen molar-refractivity contribution in [2.75, 3.05) is 5.73 Å². The van der Waals surface area contributed by atoms with Crippen molar-refractivity contribution in [2.24, 2.45) is 0 Å². The maximum absolute atomic E-state index is 12.8. The molecule has 0 bridgehead atoms. The Labute approximate surface area is 120 Å². The lowest BCUT2D eigenvalue weighted by Crippen LogP contribution is -2.13. The molecule has 0 unspecified atom stereocenters. The van der Waals surface area contributed by atoms with Crippen molar-refractivity contribution >= 4 is 33.4 Å². The lowest BCUT2D eigenvalue weighted by atomic mass is 10.1. The van der Waals surface area contributed by atoms with Gasteiger partial charge in [0.1, 0.15) is 0 Å². The zero-order valence-electron chi connectivity index (χ0n) is 11.1. The van der Waals surface area contributed by atoms with E-state index in [1.54, 1.807) is 24.4 Å². The minimum atomic E-state index is -0.164. The fraction of sp³-hybridized carbons (Fsp3) is 0. The Bertz CT molecular complexity index is 980. The largest absolute Gasteiger partial charge is 0.399 e. The number of nitrogens with zero attached hydrogens (tertiary/aromatic N) is 2. The van der Waals surface area contributed by atoms with Crippen LogP contribution < -0.4 is 5.73 Å². The van der Waals surface area contributed by atoms with Crippen LogP contribution in [0, 0.1) is 0 Å². The van der Waals surface area contributed by atoms with Gasteiger partial charge in [-0.1, -0.05) is 12.1 Å². The number of aromatic amines is 1. The van der Waals surface area contributed by atoms with E-state index in [4.69, 9.17) is 5.73 Å². The van der Waals surface area contributed by atoms with Crippen LogP contribution in [0.3, 0.4) is 0 Å². The Morgan fingerprint density at radius 3 is 2.95 bits per heavy atom.